The highest BCUT2D eigenvalue weighted by Crippen LogP contribution is 2.57. The van der Waals surface area contributed by atoms with Crippen LogP contribution in [0.2, 0.25) is 0 Å². The minimum absolute atomic E-state index is 0.0875. The summed E-state index contributed by atoms with van der Waals surface area (Å²) >= 11 is 0. The molecule has 4 aromatic rings. The van der Waals surface area contributed by atoms with E-state index in [9.17, 15) is 0 Å². The van der Waals surface area contributed by atoms with Crippen molar-refractivity contribution in [1.29, 1.82) is 0 Å². The molecule has 0 fully saturated rings. The number of aliphatic imine (C=N–C) groups is 1. The minimum Gasteiger partial charge on any atom is -0.280 e. The van der Waals surface area contributed by atoms with Crippen LogP contribution in [0, 0.1) is 5.92 Å². The van der Waals surface area contributed by atoms with Gasteiger partial charge in [0.1, 0.15) is 6.04 Å². The quantitative estimate of drug-likeness (QED) is 0.204. The normalized spacial score (nSPS) is 22.3. The van der Waals surface area contributed by atoms with Crippen molar-refractivity contribution < 1.29 is 0 Å². The number of nitrogens with zero attached hydrogens (tertiary/aromatic N) is 1. The molecule has 0 aromatic heterocycles. The highest BCUT2D eigenvalue weighted by molar-refractivity contribution is 5.91. The second-order valence-corrected chi connectivity index (χ2v) is 12.6. The van der Waals surface area contributed by atoms with Gasteiger partial charge in [-0.3, -0.25) is 4.99 Å². The van der Waals surface area contributed by atoms with E-state index >= 15 is 0 Å². The van der Waals surface area contributed by atoms with Gasteiger partial charge >= 0.3 is 0 Å². The van der Waals surface area contributed by atoms with Crippen molar-refractivity contribution in [3.63, 3.8) is 0 Å². The molecule has 5 aliphatic carbocycles. The molecule has 6 aliphatic rings. The number of hydrogen-bond acceptors (Lipinski definition) is 1. The lowest BCUT2D eigenvalue weighted by Crippen LogP contribution is -2.29. The average molecular weight is 572 g/mol. The van der Waals surface area contributed by atoms with Gasteiger partial charge in [0.15, 0.2) is 0 Å². The molecule has 0 saturated heterocycles. The first-order valence-electron chi connectivity index (χ1n) is 15.9. The molecule has 45 heavy (non-hydrogen) atoms. The second kappa shape index (κ2) is 9.24. The number of rotatable bonds is 3. The summed E-state index contributed by atoms with van der Waals surface area (Å²) in [6.07, 6.45) is 22.6. The smallest absolute Gasteiger partial charge is 0.100 e. The van der Waals surface area contributed by atoms with Gasteiger partial charge in [0.2, 0.25) is 0 Å². The van der Waals surface area contributed by atoms with Crippen molar-refractivity contribution in [2.24, 2.45) is 10.9 Å². The van der Waals surface area contributed by atoms with Crippen molar-refractivity contribution >= 4 is 11.8 Å². The maximum atomic E-state index is 4.90. The Hall–Kier alpha value is -5.53. The molecule has 1 aliphatic heterocycles. The van der Waals surface area contributed by atoms with E-state index in [0.29, 0.717) is 0 Å². The third-order valence-corrected chi connectivity index (χ3v) is 10.5. The molecule has 210 valence electrons. The Morgan fingerprint density at radius 1 is 0.600 bits per heavy atom. The number of benzene rings is 4. The van der Waals surface area contributed by atoms with E-state index in [1.807, 2.05) is 6.21 Å². The molecule has 1 heteroatoms. The molecule has 10 rings (SSSR count). The summed E-state index contributed by atoms with van der Waals surface area (Å²) in [5.74, 6) is 0.224. The Labute approximate surface area is 263 Å². The topological polar surface area (TPSA) is 12.4 Å². The van der Waals surface area contributed by atoms with Crippen LogP contribution in [0.4, 0.5) is 0 Å². The van der Waals surface area contributed by atoms with Gasteiger partial charge in [-0.2, -0.15) is 0 Å². The summed E-state index contributed by atoms with van der Waals surface area (Å²) in [7, 11) is 0. The van der Waals surface area contributed by atoms with Gasteiger partial charge in [-0.25, -0.2) is 0 Å². The molecular formula is C44H29N. The Morgan fingerprint density at radius 2 is 1.36 bits per heavy atom. The third kappa shape index (κ3) is 3.30. The predicted molar refractivity (Wildman–Crippen MR) is 185 cm³/mol. The molecule has 0 saturated carbocycles. The lowest BCUT2D eigenvalue weighted by Gasteiger charge is -2.40. The maximum absolute atomic E-state index is 4.90. The summed E-state index contributed by atoms with van der Waals surface area (Å²) in [6, 6.07) is 38.4. The van der Waals surface area contributed by atoms with Crippen LogP contribution < -0.4 is 0 Å². The zero-order valence-corrected chi connectivity index (χ0v) is 24.7. The van der Waals surface area contributed by atoms with Crippen LogP contribution in [0.3, 0.4) is 0 Å². The maximum Gasteiger partial charge on any atom is 0.100 e. The van der Waals surface area contributed by atoms with E-state index in [1.54, 1.807) is 0 Å². The first-order valence-corrected chi connectivity index (χ1v) is 15.9. The van der Waals surface area contributed by atoms with Crippen molar-refractivity contribution in [2.45, 2.75) is 11.5 Å². The van der Waals surface area contributed by atoms with Crippen LogP contribution in [0.25, 0.3) is 16.7 Å². The van der Waals surface area contributed by atoms with E-state index in [2.05, 4.69) is 158 Å². The highest BCUT2D eigenvalue weighted by Gasteiger charge is 2.46. The number of dihydropyridines is 1. The van der Waals surface area contributed by atoms with Crippen molar-refractivity contribution in [3.05, 3.63) is 219 Å². The van der Waals surface area contributed by atoms with E-state index in [1.165, 1.54) is 78.0 Å². The SMILES string of the molecule is C1=CC2=CC3=C4C(=CC=C5C=CC(c6ccc7c(c6)C(c6ccccc6)(c6ccccc6)c6ccccc6-7)=C(C=C3)C54)C2N=C1. The Balaban J connectivity index is 1.20. The Morgan fingerprint density at radius 3 is 2.18 bits per heavy atom. The van der Waals surface area contributed by atoms with Gasteiger partial charge < -0.3 is 0 Å². The molecule has 0 amide bonds. The molecule has 0 spiro atoms. The molecule has 2 atom stereocenters. The number of hydrogen-bond donors (Lipinski definition) is 0. The number of fused-ring (bicyclic) bond motifs is 5. The second-order valence-electron chi connectivity index (χ2n) is 12.6. The monoisotopic (exact) mass is 571 g/mol. The summed E-state index contributed by atoms with van der Waals surface area (Å²) in [4.78, 5) is 4.90. The zero-order valence-electron chi connectivity index (χ0n) is 24.7. The van der Waals surface area contributed by atoms with Crippen LogP contribution in [0.5, 0.6) is 0 Å². The van der Waals surface area contributed by atoms with E-state index in [-0.39, 0.29) is 12.0 Å². The molecule has 4 aromatic carbocycles. The van der Waals surface area contributed by atoms with Crippen LogP contribution in [0.1, 0.15) is 27.8 Å². The highest BCUT2D eigenvalue weighted by atomic mass is 14.8. The molecule has 2 unspecified atom stereocenters. The summed E-state index contributed by atoms with van der Waals surface area (Å²) in [5, 5.41) is 0. The lowest BCUT2D eigenvalue weighted by molar-refractivity contribution is 0.767. The first kappa shape index (κ1) is 24.9. The van der Waals surface area contributed by atoms with Gasteiger partial charge in [-0.05, 0) is 96.2 Å². The molecular weight excluding hydrogens is 542 g/mol. The van der Waals surface area contributed by atoms with Crippen LogP contribution >= 0.6 is 0 Å². The Bertz CT molecular complexity index is 2200. The molecule has 1 nitrogen and oxygen atoms in total. The van der Waals surface area contributed by atoms with E-state index in [0.717, 1.165) is 0 Å². The van der Waals surface area contributed by atoms with Crippen LogP contribution in [-0.2, 0) is 5.41 Å². The molecule has 0 bridgehead atoms. The van der Waals surface area contributed by atoms with Gasteiger partial charge in [0, 0.05) is 12.1 Å². The standard InChI is InChI=1S/C44H29N/c1-3-11-32(12-4-1)44(33-13-5-2-6-14-33)39-16-8-7-15-35(39)36-22-19-29(27-40(36)44)34-21-17-28-18-24-38-42-30(20-23-37(34)41(28)42)26-31-10-9-25-45-43(31)38/h1-27,41,43H. The van der Waals surface area contributed by atoms with Gasteiger partial charge in [0.25, 0.3) is 0 Å². The predicted octanol–water partition coefficient (Wildman–Crippen LogP) is 9.67. The fourth-order valence-electron chi connectivity index (χ4n) is 8.68. The fourth-order valence-corrected chi connectivity index (χ4v) is 8.68. The lowest BCUT2D eigenvalue weighted by atomic mass is 9.64. The van der Waals surface area contributed by atoms with Crippen LogP contribution in [0.15, 0.2) is 196 Å². The summed E-state index contributed by atoms with van der Waals surface area (Å²) in [6.45, 7) is 0. The average Bonchev–Trinajstić information content (AvgIpc) is 3.41. The van der Waals surface area contributed by atoms with Crippen molar-refractivity contribution in [2.75, 3.05) is 0 Å². The van der Waals surface area contributed by atoms with E-state index < -0.39 is 5.41 Å². The molecule has 0 radical (unpaired) electrons. The fraction of sp³-hybridized carbons (Fsp3) is 0.0682. The first-order chi connectivity index (χ1) is 22.3. The van der Waals surface area contributed by atoms with Crippen molar-refractivity contribution in [1.82, 2.24) is 0 Å². The molecule has 1 heterocycles. The van der Waals surface area contributed by atoms with Gasteiger partial charge in [-0.15, -0.1) is 0 Å². The number of allylic oxidation sites excluding steroid dienone is 12. The van der Waals surface area contributed by atoms with Gasteiger partial charge in [0.05, 0.1) is 5.41 Å². The van der Waals surface area contributed by atoms with Crippen molar-refractivity contribution in [3.8, 4) is 11.1 Å². The van der Waals surface area contributed by atoms with E-state index in [4.69, 9.17) is 4.99 Å². The zero-order chi connectivity index (χ0) is 29.5. The Kier molecular flexibility index (Phi) is 5.10. The third-order valence-electron chi connectivity index (χ3n) is 10.5. The summed E-state index contributed by atoms with van der Waals surface area (Å²) in [5.41, 5.74) is 18.2. The van der Waals surface area contributed by atoms with Gasteiger partial charge in [-0.1, -0.05) is 140 Å². The molecule has 0 N–H and O–H groups in total. The summed E-state index contributed by atoms with van der Waals surface area (Å²) < 4.78 is 0. The van der Waals surface area contributed by atoms with Crippen LogP contribution in [-0.4, -0.2) is 12.3 Å². The largest absolute Gasteiger partial charge is 0.280 e. The minimum atomic E-state index is -0.408.